The van der Waals surface area contributed by atoms with Crippen molar-refractivity contribution in [2.45, 2.75) is 46.2 Å². The largest absolute Gasteiger partial charge is 0.350 e. The molecule has 1 aliphatic heterocycles. The first-order valence-electron chi connectivity index (χ1n) is 9.68. The monoisotopic (exact) mass is 444 g/mol. The molecule has 0 bridgehead atoms. The van der Waals surface area contributed by atoms with Gasteiger partial charge in [0.1, 0.15) is 6.04 Å². The van der Waals surface area contributed by atoms with Gasteiger partial charge in [-0.2, -0.15) is 0 Å². The number of thioether (sulfide) groups is 1. The van der Waals surface area contributed by atoms with Gasteiger partial charge in [-0.15, -0.1) is 23.1 Å². The fraction of sp³-hybridized carbons (Fsp3) is 0.429. The van der Waals surface area contributed by atoms with Crippen LogP contribution in [0, 0.1) is 13.8 Å². The van der Waals surface area contributed by atoms with Crippen LogP contribution in [-0.4, -0.2) is 50.1 Å². The summed E-state index contributed by atoms with van der Waals surface area (Å²) >= 11 is 3.18. The number of hydrogen-bond donors (Lipinski definition) is 1. The van der Waals surface area contributed by atoms with E-state index in [2.05, 4.69) is 15.5 Å². The summed E-state index contributed by atoms with van der Waals surface area (Å²) < 4.78 is 5.40. The van der Waals surface area contributed by atoms with Gasteiger partial charge < -0.3 is 14.7 Å². The lowest BCUT2D eigenvalue weighted by molar-refractivity contribution is -0.125. The van der Waals surface area contributed by atoms with Crippen LogP contribution in [-0.2, 0) is 4.79 Å². The van der Waals surface area contributed by atoms with Gasteiger partial charge in [-0.1, -0.05) is 5.16 Å². The van der Waals surface area contributed by atoms with Gasteiger partial charge in [-0.05, 0) is 52.8 Å². The van der Waals surface area contributed by atoms with Crippen LogP contribution in [0.25, 0.3) is 21.7 Å². The molecule has 1 N–H and O–H groups in total. The highest BCUT2D eigenvalue weighted by Gasteiger charge is 2.37. The van der Waals surface area contributed by atoms with Crippen LogP contribution < -0.4 is 5.32 Å². The number of hydrogen-bond acceptors (Lipinski definition) is 7. The van der Waals surface area contributed by atoms with Gasteiger partial charge in [0.15, 0.2) is 0 Å². The Morgan fingerprint density at radius 3 is 2.70 bits per heavy atom. The third-order valence-electron chi connectivity index (χ3n) is 4.78. The van der Waals surface area contributed by atoms with Gasteiger partial charge in [0, 0.05) is 16.2 Å². The summed E-state index contributed by atoms with van der Waals surface area (Å²) in [5.41, 5.74) is 1.72. The number of fused-ring (bicyclic) bond motifs is 1. The summed E-state index contributed by atoms with van der Waals surface area (Å²) in [6.45, 7) is 9.61. The van der Waals surface area contributed by atoms with Crippen molar-refractivity contribution in [2.75, 3.05) is 11.6 Å². The minimum atomic E-state index is -0.516. The maximum absolute atomic E-state index is 13.6. The van der Waals surface area contributed by atoms with E-state index in [-0.39, 0.29) is 17.4 Å². The molecular formula is C21H24N4O3S2. The molecule has 4 rings (SSSR count). The molecule has 1 saturated heterocycles. The van der Waals surface area contributed by atoms with E-state index in [1.807, 2.05) is 39.8 Å². The molecule has 3 aromatic rings. The summed E-state index contributed by atoms with van der Waals surface area (Å²) in [7, 11) is 0. The van der Waals surface area contributed by atoms with E-state index in [1.54, 1.807) is 41.0 Å². The number of carbonyl (C=O) groups excluding carboxylic acids is 2. The van der Waals surface area contributed by atoms with Crippen LogP contribution in [0.2, 0.25) is 0 Å². The van der Waals surface area contributed by atoms with Gasteiger partial charge in [0.05, 0.1) is 33.1 Å². The van der Waals surface area contributed by atoms with Crippen molar-refractivity contribution in [1.29, 1.82) is 0 Å². The van der Waals surface area contributed by atoms with Crippen molar-refractivity contribution in [3.63, 3.8) is 0 Å². The van der Waals surface area contributed by atoms with Crippen LogP contribution in [0.3, 0.4) is 0 Å². The molecule has 1 atom stereocenters. The highest BCUT2D eigenvalue weighted by molar-refractivity contribution is 7.99. The number of thiophene rings is 1. The van der Waals surface area contributed by atoms with E-state index in [9.17, 15) is 9.59 Å². The molecule has 2 amide bonds. The average Bonchev–Trinajstić information content (AvgIpc) is 3.39. The molecule has 1 aliphatic rings. The van der Waals surface area contributed by atoms with E-state index in [0.29, 0.717) is 39.7 Å². The maximum atomic E-state index is 13.6. The van der Waals surface area contributed by atoms with Crippen LogP contribution >= 0.6 is 23.1 Å². The molecule has 7 nitrogen and oxygen atoms in total. The second kappa shape index (κ2) is 7.70. The lowest BCUT2D eigenvalue weighted by atomic mass is 10.1. The summed E-state index contributed by atoms with van der Waals surface area (Å²) in [5.74, 6) is 0.689. The second-order valence-electron chi connectivity index (χ2n) is 8.44. The smallest absolute Gasteiger partial charge is 0.259 e. The van der Waals surface area contributed by atoms with E-state index >= 15 is 0 Å². The SMILES string of the molecule is Cc1ccc(-c2cc(C(=O)N3CSCC3C(=O)NC(C)(C)C)c3c(C)noc3n2)s1. The normalized spacial score (nSPS) is 17.0. The van der Waals surface area contributed by atoms with Gasteiger partial charge >= 0.3 is 0 Å². The minimum absolute atomic E-state index is 0.137. The van der Waals surface area contributed by atoms with Crippen molar-refractivity contribution in [1.82, 2.24) is 20.4 Å². The molecule has 0 aliphatic carbocycles. The highest BCUT2D eigenvalue weighted by Crippen LogP contribution is 2.33. The van der Waals surface area contributed by atoms with E-state index in [0.717, 1.165) is 9.75 Å². The molecule has 0 radical (unpaired) electrons. The molecule has 3 aromatic heterocycles. The van der Waals surface area contributed by atoms with E-state index in [4.69, 9.17) is 4.52 Å². The zero-order valence-corrected chi connectivity index (χ0v) is 19.2. The molecule has 158 valence electrons. The standard InChI is InChI=1S/C21H24N4O3S2/c1-11-6-7-16(30-11)14-8-13(17-12(2)24-28-19(17)22-14)20(27)25-10-29-9-15(25)18(26)23-21(3,4)5/h6-8,15H,9-10H2,1-5H3,(H,23,26). The van der Waals surface area contributed by atoms with Crippen molar-refractivity contribution < 1.29 is 14.1 Å². The van der Waals surface area contributed by atoms with Crippen LogP contribution in [0.4, 0.5) is 0 Å². The highest BCUT2D eigenvalue weighted by atomic mass is 32.2. The minimum Gasteiger partial charge on any atom is -0.350 e. The number of rotatable bonds is 3. The molecule has 1 fully saturated rings. The van der Waals surface area contributed by atoms with Gasteiger partial charge in [0.2, 0.25) is 5.91 Å². The average molecular weight is 445 g/mol. The summed E-state index contributed by atoms with van der Waals surface area (Å²) in [4.78, 5) is 34.8. The lowest BCUT2D eigenvalue weighted by Crippen LogP contribution is -2.52. The lowest BCUT2D eigenvalue weighted by Gasteiger charge is -2.28. The number of amides is 2. The van der Waals surface area contributed by atoms with Crippen molar-refractivity contribution >= 4 is 46.0 Å². The first kappa shape index (κ1) is 20.9. The predicted molar refractivity (Wildman–Crippen MR) is 120 cm³/mol. The third-order valence-corrected chi connectivity index (χ3v) is 6.82. The molecule has 0 aromatic carbocycles. The fourth-order valence-corrected chi connectivity index (χ4v) is 5.41. The first-order valence-corrected chi connectivity index (χ1v) is 11.7. The van der Waals surface area contributed by atoms with Crippen LogP contribution in [0.15, 0.2) is 22.7 Å². The summed E-state index contributed by atoms with van der Waals surface area (Å²) in [6.07, 6.45) is 0. The molecule has 9 heteroatoms. The van der Waals surface area contributed by atoms with Crippen molar-refractivity contribution in [2.24, 2.45) is 0 Å². The Bertz CT molecular complexity index is 1130. The van der Waals surface area contributed by atoms with E-state index < -0.39 is 6.04 Å². The molecule has 0 spiro atoms. The number of aryl methyl sites for hydroxylation is 2. The number of nitrogens with zero attached hydrogens (tertiary/aromatic N) is 3. The Kier molecular flexibility index (Phi) is 5.36. The molecule has 30 heavy (non-hydrogen) atoms. The Labute approximate surface area is 183 Å². The zero-order valence-electron chi connectivity index (χ0n) is 17.6. The second-order valence-corrected chi connectivity index (χ2v) is 10.7. The molecule has 0 saturated carbocycles. The predicted octanol–water partition coefficient (Wildman–Crippen LogP) is 4.00. The number of aromatic nitrogens is 2. The molecule has 4 heterocycles. The topological polar surface area (TPSA) is 88.3 Å². The Balaban J connectivity index is 1.75. The van der Waals surface area contributed by atoms with Gasteiger partial charge in [0.25, 0.3) is 11.6 Å². The Morgan fingerprint density at radius 2 is 2.03 bits per heavy atom. The maximum Gasteiger partial charge on any atom is 0.259 e. The van der Waals surface area contributed by atoms with Gasteiger partial charge in [-0.3, -0.25) is 9.59 Å². The van der Waals surface area contributed by atoms with Crippen LogP contribution in [0.1, 0.15) is 41.7 Å². The number of pyridine rings is 1. The number of carbonyl (C=O) groups is 2. The fourth-order valence-electron chi connectivity index (χ4n) is 3.43. The molecular weight excluding hydrogens is 420 g/mol. The van der Waals surface area contributed by atoms with Gasteiger partial charge in [-0.25, -0.2) is 4.98 Å². The zero-order chi connectivity index (χ0) is 21.6. The third kappa shape index (κ3) is 3.96. The van der Waals surface area contributed by atoms with E-state index in [1.165, 1.54) is 0 Å². The first-order chi connectivity index (χ1) is 14.1. The molecule has 1 unspecified atom stereocenters. The van der Waals surface area contributed by atoms with Crippen molar-refractivity contribution in [3.8, 4) is 10.6 Å². The summed E-state index contributed by atoms with van der Waals surface area (Å²) in [5, 5.41) is 7.61. The Morgan fingerprint density at radius 1 is 1.27 bits per heavy atom. The van der Waals surface area contributed by atoms with Crippen molar-refractivity contribution in [3.05, 3.63) is 34.3 Å². The number of nitrogens with one attached hydrogen (secondary N) is 1. The Hall–Kier alpha value is -2.39. The quantitative estimate of drug-likeness (QED) is 0.657. The van der Waals surface area contributed by atoms with Crippen LogP contribution in [0.5, 0.6) is 0 Å². The summed E-state index contributed by atoms with van der Waals surface area (Å²) in [6, 6.07) is 5.28.